The molecule has 1 heterocycles. The lowest BCUT2D eigenvalue weighted by Gasteiger charge is -2.05. The predicted octanol–water partition coefficient (Wildman–Crippen LogP) is 1.74. The van der Waals surface area contributed by atoms with Crippen LogP contribution < -0.4 is 10.4 Å². The van der Waals surface area contributed by atoms with Crippen LogP contribution in [0.4, 0.5) is 0 Å². The Morgan fingerprint density at radius 2 is 2.31 bits per heavy atom. The Hall–Kier alpha value is -1.55. The van der Waals surface area contributed by atoms with Crippen LogP contribution in [0.1, 0.15) is 24.7 Å². The fraction of sp³-hybridized carbons (Fsp3) is 0.417. The molecule has 88 valence electrons. The van der Waals surface area contributed by atoms with Crippen molar-refractivity contribution in [2.75, 3.05) is 7.11 Å². The molecule has 0 bridgehead atoms. The Morgan fingerprint density at radius 1 is 1.62 bits per heavy atom. The number of methoxy groups -OCH3 is 1. The van der Waals surface area contributed by atoms with Gasteiger partial charge in [-0.05, 0) is 19.4 Å². The molecule has 4 nitrogen and oxygen atoms in total. The van der Waals surface area contributed by atoms with Gasteiger partial charge in [-0.15, -0.1) is 0 Å². The molecular weight excluding hydrogens is 208 g/mol. The summed E-state index contributed by atoms with van der Waals surface area (Å²) in [6.07, 6.45) is 3.26. The Kier molecular flexibility index (Phi) is 4.31. The number of hydrogen-bond donors (Lipinski definition) is 1. The van der Waals surface area contributed by atoms with Gasteiger partial charge < -0.3 is 14.3 Å². The number of hydrogen-bond acceptors (Lipinski definition) is 4. The molecule has 0 aromatic carbocycles. The van der Waals surface area contributed by atoms with E-state index in [1.54, 1.807) is 19.1 Å². The van der Waals surface area contributed by atoms with Crippen molar-refractivity contribution in [1.82, 2.24) is 0 Å². The van der Waals surface area contributed by atoms with Gasteiger partial charge in [0, 0.05) is 5.56 Å². The van der Waals surface area contributed by atoms with Crippen LogP contribution in [0, 0.1) is 6.92 Å². The molecular formula is C12H16O4. The zero-order valence-corrected chi connectivity index (χ0v) is 9.69. The molecule has 1 unspecified atom stereocenters. The highest BCUT2D eigenvalue weighted by Crippen LogP contribution is 2.19. The first kappa shape index (κ1) is 12.5. The summed E-state index contributed by atoms with van der Waals surface area (Å²) in [6, 6.07) is 1.29. The number of ether oxygens (including phenoxy) is 1. The molecule has 0 radical (unpaired) electrons. The van der Waals surface area contributed by atoms with Crippen LogP contribution in [0.15, 0.2) is 21.4 Å². The third-order valence-corrected chi connectivity index (χ3v) is 2.31. The molecule has 1 N–H and O–H groups in total. The monoisotopic (exact) mass is 224 g/mol. The summed E-state index contributed by atoms with van der Waals surface area (Å²) in [4.78, 5) is 11.2. The zero-order chi connectivity index (χ0) is 12.1. The molecule has 1 aromatic heterocycles. The average molecular weight is 224 g/mol. The minimum absolute atomic E-state index is 0.414. The summed E-state index contributed by atoms with van der Waals surface area (Å²) in [5.41, 5.74) is 0.273. The lowest BCUT2D eigenvalue weighted by Crippen LogP contribution is -2.03. The molecule has 0 fully saturated rings. The van der Waals surface area contributed by atoms with Gasteiger partial charge >= 0.3 is 5.63 Å². The maximum atomic E-state index is 11.2. The lowest BCUT2D eigenvalue weighted by molar-refractivity contribution is 0.220. The standard InChI is InChI=1S/C12H16O4/c1-4-9(13)5-6-10-8(2)11(15-3)7-12(14)16-10/h5-7,9,13H,4H2,1-3H3/b6-5+. The molecule has 4 heteroatoms. The summed E-state index contributed by atoms with van der Waals surface area (Å²) in [6.45, 7) is 3.66. The Balaban J connectivity index is 3.09. The highest BCUT2D eigenvalue weighted by Gasteiger charge is 2.07. The van der Waals surface area contributed by atoms with Crippen LogP contribution in [-0.2, 0) is 0 Å². The first-order chi connectivity index (χ1) is 7.58. The van der Waals surface area contributed by atoms with Crippen LogP contribution >= 0.6 is 0 Å². The van der Waals surface area contributed by atoms with Gasteiger partial charge in [-0.2, -0.15) is 0 Å². The van der Waals surface area contributed by atoms with Crippen LogP contribution in [-0.4, -0.2) is 18.3 Å². The van der Waals surface area contributed by atoms with Crippen molar-refractivity contribution < 1.29 is 14.3 Å². The molecule has 0 spiro atoms. The van der Waals surface area contributed by atoms with Crippen molar-refractivity contribution in [3.05, 3.63) is 33.9 Å². The molecule has 0 aliphatic rings. The second-order valence-electron chi connectivity index (χ2n) is 3.46. The van der Waals surface area contributed by atoms with E-state index in [0.717, 1.165) is 5.56 Å². The number of rotatable bonds is 4. The summed E-state index contributed by atoms with van der Waals surface area (Å²) in [7, 11) is 1.50. The second-order valence-corrected chi connectivity index (χ2v) is 3.46. The molecule has 0 amide bonds. The highest BCUT2D eigenvalue weighted by molar-refractivity contribution is 5.51. The van der Waals surface area contributed by atoms with Gasteiger partial charge in [-0.1, -0.05) is 13.0 Å². The minimum Gasteiger partial charge on any atom is -0.496 e. The van der Waals surface area contributed by atoms with Crippen LogP contribution in [0.2, 0.25) is 0 Å². The van der Waals surface area contributed by atoms with Gasteiger partial charge in [-0.3, -0.25) is 0 Å². The van der Waals surface area contributed by atoms with Gasteiger partial charge in [-0.25, -0.2) is 4.79 Å². The van der Waals surface area contributed by atoms with Crippen LogP contribution in [0.25, 0.3) is 6.08 Å². The lowest BCUT2D eigenvalue weighted by atomic mass is 10.2. The van der Waals surface area contributed by atoms with E-state index in [-0.39, 0.29) is 0 Å². The zero-order valence-electron chi connectivity index (χ0n) is 9.69. The SMILES string of the molecule is CCC(O)/C=C/c1oc(=O)cc(OC)c1C. The third kappa shape index (κ3) is 2.97. The van der Waals surface area contributed by atoms with Gasteiger partial charge in [0.1, 0.15) is 11.5 Å². The fourth-order valence-electron chi connectivity index (χ4n) is 1.26. The molecule has 1 rings (SSSR count). The van der Waals surface area contributed by atoms with E-state index in [0.29, 0.717) is 17.9 Å². The summed E-state index contributed by atoms with van der Waals surface area (Å²) in [5, 5.41) is 9.37. The summed E-state index contributed by atoms with van der Waals surface area (Å²) < 4.78 is 10.1. The van der Waals surface area contributed by atoms with Crippen molar-refractivity contribution in [2.24, 2.45) is 0 Å². The molecule has 1 atom stereocenters. The number of aliphatic hydroxyl groups excluding tert-OH is 1. The smallest absolute Gasteiger partial charge is 0.339 e. The largest absolute Gasteiger partial charge is 0.496 e. The average Bonchev–Trinajstić information content (AvgIpc) is 2.29. The van der Waals surface area contributed by atoms with E-state index in [1.807, 2.05) is 6.92 Å². The molecule has 0 aliphatic carbocycles. The highest BCUT2D eigenvalue weighted by atomic mass is 16.5. The first-order valence-corrected chi connectivity index (χ1v) is 5.13. The molecule has 16 heavy (non-hydrogen) atoms. The van der Waals surface area contributed by atoms with E-state index in [1.165, 1.54) is 13.2 Å². The summed E-state index contributed by atoms with van der Waals surface area (Å²) in [5.74, 6) is 0.902. The Morgan fingerprint density at radius 3 is 2.88 bits per heavy atom. The molecule has 0 saturated heterocycles. The van der Waals surface area contributed by atoms with E-state index in [9.17, 15) is 9.90 Å². The first-order valence-electron chi connectivity index (χ1n) is 5.13. The Bertz CT molecular complexity index is 431. The van der Waals surface area contributed by atoms with E-state index in [2.05, 4.69) is 0 Å². The second kappa shape index (κ2) is 5.51. The summed E-state index contributed by atoms with van der Waals surface area (Å²) >= 11 is 0. The van der Waals surface area contributed by atoms with E-state index in [4.69, 9.17) is 9.15 Å². The molecule has 1 aromatic rings. The quantitative estimate of drug-likeness (QED) is 0.846. The van der Waals surface area contributed by atoms with Gasteiger partial charge in [0.2, 0.25) is 0 Å². The molecule has 0 saturated carbocycles. The van der Waals surface area contributed by atoms with Gasteiger partial charge in [0.05, 0.1) is 19.3 Å². The van der Waals surface area contributed by atoms with Gasteiger partial charge in [0.25, 0.3) is 0 Å². The Labute approximate surface area is 94.2 Å². The van der Waals surface area contributed by atoms with Crippen molar-refractivity contribution in [2.45, 2.75) is 26.4 Å². The maximum Gasteiger partial charge on any atom is 0.339 e. The van der Waals surface area contributed by atoms with Crippen molar-refractivity contribution >= 4 is 6.08 Å². The molecule has 0 aliphatic heterocycles. The van der Waals surface area contributed by atoms with E-state index >= 15 is 0 Å². The van der Waals surface area contributed by atoms with Crippen molar-refractivity contribution in [3.63, 3.8) is 0 Å². The van der Waals surface area contributed by atoms with Crippen molar-refractivity contribution in [3.8, 4) is 5.75 Å². The number of aliphatic hydroxyl groups is 1. The minimum atomic E-state index is -0.532. The van der Waals surface area contributed by atoms with Gasteiger partial charge in [0.15, 0.2) is 0 Å². The topological polar surface area (TPSA) is 59.7 Å². The normalized spacial score (nSPS) is 13.0. The predicted molar refractivity (Wildman–Crippen MR) is 61.6 cm³/mol. The van der Waals surface area contributed by atoms with Crippen LogP contribution in [0.5, 0.6) is 5.75 Å². The van der Waals surface area contributed by atoms with Crippen LogP contribution in [0.3, 0.4) is 0 Å². The third-order valence-electron chi connectivity index (χ3n) is 2.31. The fourth-order valence-corrected chi connectivity index (χ4v) is 1.26. The maximum absolute atomic E-state index is 11.2. The van der Waals surface area contributed by atoms with Crippen molar-refractivity contribution in [1.29, 1.82) is 0 Å². The van der Waals surface area contributed by atoms with E-state index < -0.39 is 11.7 Å².